The van der Waals surface area contributed by atoms with Gasteiger partial charge in [-0.15, -0.1) is 0 Å². The maximum Gasteiger partial charge on any atom is 0.118 e. The van der Waals surface area contributed by atoms with Crippen LogP contribution in [0.4, 0.5) is 0 Å². The van der Waals surface area contributed by atoms with Gasteiger partial charge in [-0.2, -0.15) is 0 Å². The van der Waals surface area contributed by atoms with Gasteiger partial charge in [0.2, 0.25) is 0 Å². The lowest BCUT2D eigenvalue weighted by Gasteiger charge is -2.32. The first-order valence-corrected chi connectivity index (χ1v) is 5.51. The lowest BCUT2D eigenvalue weighted by molar-refractivity contribution is 0.343. The Kier molecular flexibility index (Phi) is 3.04. The summed E-state index contributed by atoms with van der Waals surface area (Å²) in [6.45, 7) is 12.7. The molecule has 0 unspecified atom stereocenters. The maximum atomic E-state index is 10.3. The van der Waals surface area contributed by atoms with E-state index in [1.165, 1.54) is 0 Å². The van der Waals surface area contributed by atoms with Crippen molar-refractivity contribution in [2.24, 2.45) is 10.8 Å². The van der Waals surface area contributed by atoms with E-state index in [0.717, 1.165) is 17.6 Å². The Morgan fingerprint density at radius 1 is 1.07 bits per heavy atom. The van der Waals surface area contributed by atoms with E-state index in [-0.39, 0.29) is 10.8 Å². The van der Waals surface area contributed by atoms with Crippen molar-refractivity contribution in [1.29, 1.82) is 0 Å². The van der Waals surface area contributed by atoms with Gasteiger partial charge < -0.3 is 5.11 Å². The van der Waals surface area contributed by atoms with Crippen LogP contribution in [0, 0.1) is 17.3 Å². The maximum absolute atomic E-state index is 10.3. The predicted molar refractivity (Wildman–Crippen MR) is 64.5 cm³/mol. The van der Waals surface area contributed by atoms with Crippen molar-refractivity contribution in [2.45, 2.75) is 48.0 Å². The molecule has 0 saturated carbocycles. The van der Waals surface area contributed by atoms with E-state index in [4.69, 9.17) is 0 Å². The van der Waals surface area contributed by atoms with Gasteiger partial charge in [-0.25, -0.2) is 0 Å². The van der Waals surface area contributed by atoms with E-state index >= 15 is 0 Å². The quantitative estimate of drug-likeness (QED) is 0.626. The highest BCUT2D eigenvalue weighted by Crippen LogP contribution is 2.41. The first-order chi connectivity index (χ1) is 6.64. The van der Waals surface area contributed by atoms with Gasteiger partial charge >= 0.3 is 0 Å². The molecule has 0 aliphatic heterocycles. The molecule has 0 saturated heterocycles. The number of aliphatic hydroxyl groups excluding tert-OH is 1. The summed E-state index contributed by atoms with van der Waals surface area (Å²) in [6.07, 6.45) is 5.93. The first-order valence-electron chi connectivity index (χ1n) is 5.51. The van der Waals surface area contributed by atoms with Crippen molar-refractivity contribution in [3.8, 4) is 0 Å². The molecule has 1 aliphatic rings. The molecule has 0 aromatic rings. The fraction of sp³-hybridized carbons (Fsp3) is 0.643. The topological polar surface area (TPSA) is 20.2 Å². The molecule has 1 heteroatoms. The molecule has 15 heavy (non-hydrogen) atoms. The zero-order chi connectivity index (χ0) is 11.9. The molecule has 2 radical (unpaired) electrons. The highest BCUT2D eigenvalue weighted by Gasteiger charge is 2.30. The van der Waals surface area contributed by atoms with Crippen molar-refractivity contribution < 1.29 is 5.11 Å². The number of aliphatic hydroxyl groups is 1. The molecular weight excluding hydrogens is 184 g/mol. The summed E-state index contributed by atoms with van der Waals surface area (Å²) in [5.41, 5.74) is 2.09. The van der Waals surface area contributed by atoms with Crippen molar-refractivity contribution in [3.05, 3.63) is 29.4 Å². The Morgan fingerprint density at radius 3 is 2.00 bits per heavy atom. The molecular formula is C14H22O. The second-order valence-electron chi connectivity index (χ2n) is 6.27. The van der Waals surface area contributed by atoms with Gasteiger partial charge in [0.15, 0.2) is 0 Å². The standard InChI is InChI=1S/C14H22O/c1-13(2,3)10-8-7-9-11(12(10)15)14(4,5)6/h8,15H,9H2,1-6H3. The summed E-state index contributed by atoms with van der Waals surface area (Å²) < 4.78 is 0. The molecule has 0 fully saturated rings. The van der Waals surface area contributed by atoms with E-state index in [2.05, 4.69) is 48.0 Å². The Morgan fingerprint density at radius 2 is 1.60 bits per heavy atom. The van der Waals surface area contributed by atoms with Gasteiger partial charge in [0, 0.05) is 6.42 Å². The molecule has 0 bridgehead atoms. The van der Waals surface area contributed by atoms with E-state index in [9.17, 15) is 5.11 Å². The second-order valence-corrected chi connectivity index (χ2v) is 6.27. The SMILES string of the molecule is CC(C)(C)C1=C[C]CC(C(C)(C)C)=C1O. The molecule has 0 aromatic heterocycles. The summed E-state index contributed by atoms with van der Waals surface area (Å²) in [4.78, 5) is 0. The Labute approximate surface area is 93.9 Å². The minimum Gasteiger partial charge on any atom is -0.508 e. The molecule has 0 atom stereocenters. The summed E-state index contributed by atoms with van der Waals surface area (Å²) in [7, 11) is 0. The van der Waals surface area contributed by atoms with Crippen molar-refractivity contribution >= 4 is 0 Å². The molecule has 0 spiro atoms. The summed E-state index contributed by atoms with van der Waals surface area (Å²) >= 11 is 0. The average Bonchev–Trinajstić information content (AvgIpc) is 1.99. The van der Waals surface area contributed by atoms with Crippen LogP contribution in [0.15, 0.2) is 23.0 Å². The first kappa shape index (κ1) is 12.4. The molecule has 0 heterocycles. The third-order valence-electron chi connectivity index (χ3n) is 2.78. The number of hydrogen-bond acceptors (Lipinski definition) is 1. The van der Waals surface area contributed by atoms with Crippen LogP contribution in [0.2, 0.25) is 0 Å². The molecule has 1 rings (SSSR count). The van der Waals surface area contributed by atoms with Gasteiger partial charge in [-0.3, -0.25) is 0 Å². The molecule has 0 amide bonds. The zero-order valence-corrected chi connectivity index (χ0v) is 10.7. The van der Waals surface area contributed by atoms with Gasteiger partial charge in [-0.05, 0) is 28.4 Å². The lowest BCUT2D eigenvalue weighted by Crippen LogP contribution is -2.21. The minimum atomic E-state index is -0.0198. The Hall–Kier alpha value is -0.720. The van der Waals surface area contributed by atoms with E-state index in [1.54, 1.807) is 0 Å². The lowest BCUT2D eigenvalue weighted by atomic mass is 9.74. The summed E-state index contributed by atoms with van der Waals surface area (Å²) in [6, 6.07) is 0. The predicted octanol–water partition coefficient (Wildman–Crippen LogP) is 4.30. The van der Waals surface area contributed by atoms with Crippen LogP contribution in [0.5, 0.6) is 0 Å². The van der Waals surface area contributed by atoms with Crippen LogP contribution in [0.1, 0.15) is 48.0 Å². The Balaban J connectivity index is 3.16. The number of allylic oxidation sites excluding steroid dienone is 3. The van der Waals surface area contributed by atoms with Crippen molar-refractivity contribution in [1.82, 2.24) is 0 Å². The molecule has 1 aliphatic carbocycles. The third kappa shape index (κ3) is 2.64. The second kappa shape index (κ2) is 3.70. The molecule has 1 nitrogen and oxygen atoms in total. The fourth-order valence-corrected chi connectivity index (χ4v) is 1.76. The van der Waals surface area contributed by atoms with Gasteiger partial charge in [-0.1, -0.05) is 47.6 Å². The summed E-state index contributed by atoms with van der Waals surface area (Å²) in [5, 5.41) is 10.3. The highest BCUT2D eigenvalue weighted by molar-refractivity contribution is 5.42. The number of hydrogen-bond donors (Lipinski definition) is 1. The Bertz CT molecular complexity index is 305. The van der Waals surface area contributed by atoms with Gasteiger partial charge in [0.25, 0.3) is 0 Å². The van der Waals surface area contributed by atoms with Crippen molar-refractivity contribution in [2.75, 3.05) is 0 Å². The van der Waals surface area contributed by atoms with Crippen LogP contribution in [-0.4, -0.2) is 5.11 Å². The van der Waals surface area contributed by atoms with Crippen LogP contribution in [0.3, 0.4) is 0 Å². The molecule has 84 valence electrons. The normalized spacial score (nSPS) is 19.2. The number of rotatable bonds is 0. The van der Waals surface area contributed by atoms with Crippen LogP contribution < -0.4 is 0 Å². The zero-order valence-electron chi connectivity index (χ0n) is 10.7. The van der Waals surface area contributed by atoms with E-state index in [0.29, 0.717) is 5.76 Å². The summed E-state index contributed by atoms with van der Waals surface area (Å²) in [5.74, 6) is 0.480. The van der Waals surface area contributed by atoms with E-state index in [1.807, 2.05) is 6.08 Å². The smallest absolute Gasteiger partial charge is 0.118 e. The largest absolute Gasteiger partial charge is 0.508 e. The fourth-order valence-electron chi connectivity index (χ4n) is 1.76. The monoisotopic (exact) mass is 206 g/mol. The van der Waals surface area contributed by atoms with Crippen LogP contribution in [0.25, 0.3) is 0 Å². The van der Waals surface area contributed by atoms with Crippen LogP contribution >= 0.6 is 0 Å². The highest BCUT2D eigenvalue weighted by atomic mass is 16.3. The van der Waals surface area contributed by atoms with Crippen molar-refractivity contribution in [3.63, 3.8) is 0 Å². The average molecular weight is 206 g/mol. The third-order valence-corrected chi connectivity index (χ3v) is 2.78. The van der Waals surface area contributed by atoms with Crippen LogP contribution in [-0.2, 0) is 0 Å². The minimum absolute atomic E-state index is 0.0157. The molecule has 1 N–H and O–H groups in total. The van der Waals surface area contributed by atoms with Gasteiger partial charge in [0.1, 0.15) is 5.76 Å². The molecule has 0 aromatic carbocycles. The van der Waals surface area contributed by atoms with E-state index < -0.39 is 0 Å². The van der Waals surface area contributed by atoms with Gasteiger partial charge in [0.05, 0.1) is 0 Å².